The molecule has 1 amide bonds. The quantitative estimate of drug-likeness (QED) is 0.734. The number of allylic oxidation sites excluding steroid dienone is 1. The van der Waals surface area contributed by atoms with Gasteiger partial charge in [0, 0.05) is 26.6 Å². The number of carbonyl (C=O) groups is 2. The Labute approximate surface area is 159 Å². The molecule has 26 heavy (non-hydrogen) atoms. The number of ether oxygens (including phenoxy) is 1. The van der Waals surface area contributed by atoms with E-state index in [1.807, 2.05) is 11.8 Å². The number of hydrogen-bond acceptors (Lipinski definition) is 7. The maximum atomic E-state index is 12.4. The molecule has 2 aliphatic rings. The van der Waals surface area contributed by atoms with Gasteiger partial charge in [-0.05, 0) is 18.9 Å². The molecule has 1 saturated heterocycles. The number of piperidine rings is 1. The smallest absolute Gasteiger partial charge is 0.347 e. The van der Waals surface area contributed by atoms with E-state index in [4.69, 9.17) is 21.4 Å². The number of thiazole rings is 1. The van der Waals surface area contributed by atoms with Gasteiger partial charge in [0.1, 0.15) is 15.7 Å². The molecule has 0 spiro atoms. The Kier molecular flexibility index (Phi) is 5.59. The van der Waals surface area contributed by atoms with Gasteiger partial charge in [-0.1, -0.05) is 22.9 Å². The van der Waals surface area contributed by atoms with E-state index >= 15 is 0 Å². The Hall–Kier alpha value is -1.97. The molecule has 0 bridgehead atoms. The highest BCUT2D eigenvalue weighted by molar-refractivity contribution is 7.17. The molecule has 0 aliphatic carbocycles. The first-order chi connectivity index (χ1) is 12.4. The van der Waals surface area contributed by atoms with Crippen molar-refractivity contribution in [3.05, 3.63) is 21.8 Å². The van der Waals surface area contributed by atoms with E-state index in [0.29, 0.717) is 41.9 Å². The third-order valence-corrected chi connectivity index (χ3v) is 5.89. The van der Waals surface area contributed by atoms with Crippen molar-refractivity contribution in [2.24, 2.45) is 4.99 Å². The first kappa shape index (κ1) is 18.8. The number of rotatable bonds is 5. The van der Waals surface area contributed by atoms with Gasteiger partial charge in [0.15, 0.2) is 5.13 Å². The molecule has 1 fully saturated rings. The number of amides is 1. The lowest BCUT2D eigenvalue weighted by Crippen LogP contribution is -2.55. The van der Waals surface area contributed by atoms with Gasteiger partial charge in [-0.2, -0.15) is 0 Å². The Morgan fingerprint density at radius 2 is 2.27 bits per heavy atom. The van der Waals surface area contributed by atoms with Crippen LogP contribution in [0.15, 0.2) is 21.9 Å². The van der Waals surface area contributed by atoms with Crippen LogP contribution in [0.2, 0.25) is 0 Å². The fraction of sp³-hybridized carbons (Fsp3) is 0.500. The van der Waals surface area contributed by atoms with Gasteiger partial charge in [-0.25, -0.2) is 14.8 Å². The van der Waals surface area contributed by atoms with Crippen LogP contribution in [0.25, 0.3) is 0 Å². The van der Waals surface area contributed by atoms with Crippen molar-refractivity contribution in [1.29, 1.82) is 0 Å². The number of carbonyl (C=O) groups excluding carboxylic acids is 1. The number of anilines is 1. The van der Waals surface area contributed by atoms with Crippen LogP contribution in [0.1, 0.15) is 29.4 Å². The second kappa shape index (κ2) is 7.73. The van der Waals surface area contributed by atoms with Crippen molar-refractivity contribution in [1.82, 2.24) is 10.3 Å². The zero-order valence-electron chi connectivity index (χ0n) is 14.4. The minimum atomic E-state index is -0.987. The summed E-state index contributed by atoms with van der Waals surface area (Å²) in [5.41, 5.74) is 1.30. The van der Waals surface area contributed by atoms with Crippen LogP contribution in [0.3, 0.4) is 0 Å². The predicted molar refractivity (Wildman–Crippen MR) is 99.2 cm³/mol. The highest BCUT2D eigenvalue weighted by Gasteiger charge is 2.33. The first-order valence-electron chi connectivity index (χ1n) is 8.09. The van der Waals surface area contributed by atoms with Crippen LogP contribution in [-0.2, 0) is 9.53 Å². The Morgan fingerprint density at radius 3 is 2.85 bits per heavy atom. The van der Waals surface area contributed by atoms with Crippen LogP contribution in [0, 0.1) is 0 Å². The monoisotopic (exact) mass is 398 g/mol. The number of nitrogens with zero attached hydrogens (tertiary/aromatic N) is 3. The molecule has 0 aromatic carbocycles. The van der Waals surface area contributed by atoms with Crippen molar-refractivity contribution in [3.63, 3.8) is 0 Å². The molecule has 10 heteroatoms. The molecule has 0 saturated carbocycles. The lowest BCUT2D eigenvalue weighted by atomic mass is 10.0. The molecule has 2 atom stereocenters. The van der Waals surface area contributed by atoms with Crippen LogP contribution in [-0.4, -0.2) is 60.0 Å². The number of aromatic nitrogens is 1. The van der Waals surface area contributed by atoms with Gasteiger partial charge < -0.3 is 20.1 Å². The maximum Gasteiger partial charge on any atom is 0.347 e. The van der Waals surface area contributed by atoms with Crippen LogP contribution >= 0.6 is 22.9 Å². The molecule has 1 aromatic heterocycles. The average molecular weight is 399 g/mol. The summed E-state index contributed by atoms with van der Waals surface area (Å²) in [5.74, 6) is -1.22. The average Bonchev–Trinajstić information content (AvgIpc) is 3.23. The van der Waals surface area contributed by atoms with Gasteiger partial charge in [0.2, 0.25) is 0 Å². The van der Waals surface area contributed by atoms with Gasteiger partial charge >= 0.3 is 5.97 Å². The minimum Gasteiger partial charge on any atom is -0.477 e. The standard InChI is InChI=1S/C16H19ClN4O4S/c1-8-5-10(19-13(8)17)14(22)20-9-3-4-21(7-11(9)25-2)16-18-6-12(26-16)15(23)24/h6,9,11H,3-5,7H2,1-2H3,(H,20,22)(H,23,24)/t9-,11+/m1/s1. The van der Waals surface area contributed by atoms with Crippen LogP contribution in [0.5, 0.6) is 0 Å². The molecule has 8 nitrogen and oxygen atoms in total. The third kappa shape index (κ3) is 3.89. The maximum absolute atomic E-state index is 12.4. The number of halogens is 1. The van der Waals surface area contributed by atoms with E-state index in [-0.39, 0.29) is 22.9 Å². The number of nitrogens with one attached hydrogen (secondary N) is 1. The second-order valence-corrected chi connectivity index (χ2v) is 7.57. The molecular weight excluding hydrogens is 380 g/mol. The molecule has 1 aromatic rings. The lowest BCUT2D eigenvalue weighted by molar-refractivity contribution is -0.116. The van der Waals surface area contributed by atoms with Gasteiger partial charge in [-0.3, -0.25) is 4.79 Å². The molecule has 2 N–H and O–H groups in total. The van der Waals surface area contributed by atoms with E-state index in [1.54, 1.807) is 7.11 Å². The minimum absolute atomic E-state index is 0.162. The zero-order valence-corrected chi connectivity index (χ0v) is 15.9. The first-order valence-corrected chi connectivity index (χ1v) is 9.29. The Morgan fingerprint density at radius 1 is 1.50 bits per heavy atom. The second-order valence-electron chi connectivity index (χ2n) is 6.21. The summed E-state index contributed by atoms with van der Waals surface area (Å²) in [5, 5.41) is 13.0. The number of aliphatic imine (C=N–C) groups is 1. The van der Waals surface area contributed by atoms with Crippen LogP contribution in [0.4, 0.5) is 5.13 Å². The van der Waals surface area contributed by atoms with E-state index in [0.717, 1.165) is 16.9 Å². The predicted octanol–water partition coefficient (Wildman–Crippen LogP) is 1.87. The Bertz CT molecular complexity index is 791. The van der Waals surface area contributed by atoms with E-state index < -0.39 is 5.97 Å². The van der Waals surface area contributed by atoms with Gasteiger partial charge in [0.05, 0.1) is 18.3 Å². The van der Waals surface area contributed by atoms with Crippen LogP contribution < -0.4 is 10.2 Å². The number of methoxy groups -OCH3 is 1. The SMILES string of the molecule is CO[C@H]1CN(c2ncc(C(=O)O)s2)CC[C@H]1NC(=O)C1=NC(Cl)=C(C)C1. The van der Waals surface area contributed by atoms with Crippen molar-refractivity contribution in [3.8, 4) is 0 Å². The molecule has 2 aliphatic heterocycles. The number of carboxylic acids is 1. The van der Waals surface area contributed by atoms with Crippen molar-refractivity contribution in [2.45, 2.75) is 31.9 Å². The summed E-state index contributed by atoms with van der Waals surface area (Å²) < 4.78 is 5.54. The van der Waals surface area contributed by atoms with Crippen molar-refractivity contribution < 1.29 is 19.4 Å². The normalized spacial score (nSPS) is 23.2. The van der Waals surface area contributed by atoms with Crippen molar-refractivity contribution >= 4 is 45.7 Å². The summed E-state index contributed by atoms with van der Waals surface area (Å²) in [6.45, 7) is 3.00. The fourth-order valence-corrected chi connectivity index (χ4v) is 3.92. The summed E-state index contributed by atoms with van der Waals surface area (Å²) in [6, 6.07) is -0.162. The summed E-state index contributed by atoms with van der Waals surface area (Å²) in [4.78, 5) is 33.9. The van der Waals surface area contributed by atoms with E-state index in [2.05, 4.69) is 15.3 Å². The number of aromatic carboxylic acids is 1. The largest absolute Gasteiger partial charge is 0.477 e. The molecule has 3 rings (SSSR count). The summed E-state index contributed by atoms with van der Waals surface area (Å²) in [7, 11) is 1.59. The van der Waals surface area contributed by atoms with Gasteiger partial charge in [-0.15, -0.1) is 0 Å². The number of carboxylic acid groups (broad SMARTS) is 1. The summed E-state index contributed by atoms with van der Waals surface area (Å²) >= 11 is 7.07. The highest BCUT2D eigenvalue weighted by Crippen LogP contribution is 2.27. The molecule has 0 radical (unpaired) electrons. The van der Waals surface area contributed by atoms with Gasteiger partial charge in [0.25, 0.3) is 5.91 Å². The molecule has 3 heterocycles. The lowest BCUT2D eigenvalue weighted by Gasteiger charge is -2.37. The molecule has 0 unspecified atom stereocenters. The topological polar surface area (TPSA) is 104 Å². The van der Waals surface area contributed by atoms with E-state index in [1.165, 1.54) is 6.20 Å². The Balaban J connectivity index is 1.62. The number of hydrogen-bond donors (Lipinski definition) is 2. The molecular formula is C16H19ClN4O4S. The zero-order chi connectivity index (χ0) is 18.8. The fourth-order valence-electron chi connectivity index (χ4n) is 2.96. The third-order valence-electron chi connectivity index (χ3n) is 4.43. The highest BCUT2D eigenvalue weighted by atomic mass is 35.5. The summed E-state index contributed by atoms with van der Waals surface area (Å²) in [6.07, 6.45) is 2.23. The van der Waals surface area contributed by atoms with E-state index in [9.17, 15) is 9.59 Å². The van der Waals surface area contributed by atoms with Crippen molar-refractivity contribution in [2.75, 3.05) is 25.1 Å². The molecule has 140 valence electrons.